The molecule has 0 aliphatic rings. The van der Waals surface area contributed by atoms with Gasteiger partial charge in [-0.3, -0.25) is 0 Å². The van der Waals surface area contributed by atoms with Crippen LogP contribution in [0.15, 0.2) is 50.8 Å². The number of aromatic nitrogens is 4. The summed E-state index contributed by atoms with van der Waals surface area (Å²) in [6.07, 6.45) is 0. The van der Waals surface area contributed by atoms with Gasteiger partial charge in [-0.1, -0.05) is 35.5 Å². The average molecular weight is 413 g/mol. The Morgan fingerprint density at radius 1 is 1.11 bits per heavy atom. The second kappa shape index (κ2) is 7.41. The highest BCUT2D eigenvalue weighted by molar-refractivity contribution is 7.98. The standard InChI is InChI=1S/C20H17ClN4O2S/c1-11-4-5-12(2)17(6-11)25-20(22-23-24-25)28-10-14-8-19(26)27-18-7-13(3)16(21)9-15(14)18/h4-9H,10H2,1-3H3. The summed E-state index contributed by atoms with van der Waals surface area (Å²) < 4.78 is 7.05. The predicted molar refractivity (Wildman–Crippen MR) is 110 cm³/mol. The Hall–Kier alpha value is -2.64. The topological polar surface area (TPSA) is 73.8 Å². The molecular weight excluding hydrogens is 396 g/mol. The Bertz CT molecular complexity index is 1250. The monoisotopic (exact) mass is 412 g/mol. The number of rotatable bonds is 4. The van der Waals surface area contributed by atoms with E-state index in [1.807, 2.05) is 39.0 Å². The fourth-order valence-electron chi connectivity index (χ4n) is 2.98. The van der Waals surface area contributed by atoms with Crippen molar-refractivity contribution in [3.8, 4) is 5.69 Å². The van der Waals surface area contributed by atoms with E-state index >= 15 is 0 Å². The molecular formula is C20H17ClN4O2S. The van der Waals surface area contributed by atoms with E-state index in [2.05, 4.69) is 21.6 Å². The van der Waals surface area contributed by atoms with E-state index in [-0.39, 0.29) is 5.63 Å². The van der Waals surface area contributed by atoms with Crippen LogP contribution in [0.25, 0.3) is 16.7 Å². The van der Waals surface area contributed by atoms with Crippen molar-refractivity contribution in [3.05, 3.63) is 74.1 Å². The van der Waals surface area contributed by atoms with E-state index in [9.17, 15) is 4.79 Å². The Morgan fingerprint density at radius 2 is 1.93 bits per heavy atom. The first-order valence-corrected chi connectivity index (χ1v) is 10.0. The van der Waals surface area contributed by atoms with Crippen molar-refractivity contribution < 1.29 is 4.42 Å². The molecule has 0 atom stereocenters. The third-order valence-electron chi connectivity index (χ3n) is 4.50. The Balaban J connectivity index is 1.70. The summed E-state index contributed by atoms with van der Waals surface area (Å²) in [6, 6.07) is 11.3. The number of thioether (sulfide) groups is 1. The number of nitrogens with zero attached hydrogens (tertiary/aromatic N) is 4. The van der Waals surface area contributed by atoms with Crippen molar-refractivity contribution in [1.82, 2.24) is 20.2 Å². The van der Waals surface area contributed by atoms with Gasteiger partial charge in [0.15, 0.2) is 0 Å². The van der Waals surface area contributed by atoms with E-state index in [0.29, 0.717) is 21.5 Å². The molecule has 0 bridgehead atoms. The molecule has 0 unspecified atom stereocenters. The molecule has 4 aromatic rings. The maximum atomic E-state index is 12.0. The first-order valence-electron chi connectivity index (χ1n) is 8.64. The van der Waals surface area contributed by atoms with Crippen molar-refractivity contribution in [2.75, 3.05) is 0 Å². The number of aryl methyl sites for hydroxylation is 3. The van der Waals surface area contributed by atoms with E-state index in [0.717, 1.165) is 33.3 Å². The summed E-state index contributed by atoms with van der Waals surface area (Å²) in [5, 5.41) is 14.2. The second-order valence-corrected chi connectivity index (χ2v) is 7.99. The molecule has 4 rings (SSSR count). The molecule has 0 saturated heterocycles. The number of benzene rings is 2. The molecule has 0 spiro atoms. The zero-order valence-electron chi connectivity index (χ0n) is 15.6. The third kappa shape index (κ3) is 3.55. The normalized spacial score (nSPS) is 11.3. The van der Waals surface area contributed by atoms with Gasteiger partial charge >= 0.3 is 5.63 Å². The fraction of sp³-hybridized carbons (Fsp3) is 0.200. The summed E-state index contributed by atoms with van der Waals surface area (Å²) in [4.78, 5) is 12.0. The maximum absolute atomic E-state index is 12.0. The van der Waals surface area contributed by atoms with Gasteiger partial charge < -0.3 is 4.42 Å². The first-order chi connectivity index (χ1) is 13.4. The van der Waals surface area contributed by atoms with Crippen molar-refractivity contribution in [2.24, 2.45) is 0 Å². The molecule has 0 aliphatic heterocycles. The molecule has 0 radical (unpaired) electrons. The van der Waals surface area contributed by atoms with Gasteiger partial charge in [0, 0.05) is 22.2 Å². The quantitative estimate of drug-likeness (QED) is 0.359. The largest absolute Gasteiger partial charge is 0.423 e. The lowest BCUT2D eigenvalue weighted by Crippen LogP contribution is -2.03. The lowest BCUT2D eigenvalue weighted by atomic mass is 10.1. The van der Waals surface area contributed by atoms with Crippen LogP contribution in [-0.2, 0) is 5.75 Å². The molecule has 28 heavy (non-hydrogen) atoms. The van der Waals surface area contributed by atoms with Crippen molar-refractivity contribution in [3.63, 3.8) is 0 Å². The minimum atomic E-state index is -0.390. The molecule has 2 aromatic heterocycles. The average Bonchev–Trinajstić information content (AvgIpc) is 3.11. The van der Waals surface area contributed by atoms with Crippen LogP contribution >= 0.6 is 23.4 Å². The first kappa shape index (κ1) is 18.7. The second-order valence-electron chi connectivity index (χ2n) is 6.64. The van der Waals surface area contributed by atoms with Gasteiger partial charge in [0.2, 0.25) is 5.16 Å². The lowest BCUT2D eigenvalue weighted by Gasteiger charge is -2.09. The van der Waals surface area contributed by atoms with E-state index in [4.69, 9.17) is 16.0 Å². The SMILES string of the molecule is Cc1ccc(C)c(-n2nnnc2SCc2cc(=O)oc3cc(C)c(Cl)cc23)c1. The number of hydrogen-bond acceptors (Lipinski definition) is 6. The Morgan fingerprint density at radius 3 is 2.75 bits per heavy atom. The molecule has 142 valence electrons. The zero-order valence-corrected chi connectivity index (χ0v) is 17.1. The summed E-state index contributed by atoms with van der Waals surface area (Å²) in [5.74, 6) is 0.507. The van der Waals surface area contributed by atoms with Crippen LogP contribution < -0.4 is 5.63 Å². The zero-order chi connectivity index (χ0) is 19.8. The van der Waals surface area contributed by atoms with Crippen molar-refractivity contribution >= 4 is 34.3 Å². The summed E-state index contributed by atoms with van der Waals surface area (Å²) >= 11 is 7.73. The van der Waals surface area contributed by atoms with Gasteiger partial charge in [0.25, 0.3) is 0 Å². The van der Waals surface area contributed by atoms with Crippen molar-refractivity contribution in [2.45, 2.75) is 31.7 Å². The van der Waals surface area contributed by atoms with Crippen LogP contribution in [0, 0.1) is 20.8 Å². The highest BCUT2D eigenvalue weighted by Gasteiger charge is 2.14. The van der Waals surface area contributed by atoms with Crippen molar-refractivity contribution in [1.29, 1.82) is 0 Å². The van der Waals surface area contributed by atoms with Crippen LogP contribution in [0.3, 0.4) is 0 Å². The Kier molecular flexibility index (Phi) is 4.95. The van der Waals surface area contributed by atoms with Crippen LogP contribution in [0.4, 0.5) is 0 Å². The molecule has 2 aromatic carbocycles. The summed E-state index contributed by atoms with van der Waals surface area (Å²) in [5.41, 5.74) is 4.97. The van der Waals surface area contributed by atoms with Crippen LogP contribution in [0.5, 0.6) is 0 Å². The molecule has 8 heteroatoms. The molecule has 6 nitrogen and oxygen atoms in total. The van der Waals surface area contributed by atoms with Gasteiger partial charge in [-0.25, -0.2) is 4.79 Å². The number of halogens is 1. The highest BCUT2D eigenvalue weighted by Crippen LogP contribution is 2.30. The molecule has 0 aliphatic carbocycles. The van der Waals surface area contributed by atoms with Gasteiger partial charge in [-0.15, -0.1) is 5.10 Å². The lowest BCUT2D eigenvalue weighted by molar-refractivity contribution is 0.559. The maximum Gasteiger partial charge on any atom is 0.336 e. The summed E-state index contributed by atoms with van der Waals surface area (Å²) in [7, 11) is 0. The third-order valence-corrected chi connectivity index (χ3v) is 5.88. The Labute approximate surface area is 170 Å². The smallest absolute Gasteiger partial charge is 0.336 e. The molecule has 0 N–H and O–H groups in total. The number of fused-ring (bicyclic) bond motifs is 1. The minimum Gasteiger partial charge on any atom is -0.423 e. The van der Waals surface area contributed by atoms with Crippen LogP contribution in [-0.4, -0.2) is 20.2 Å². The minimum absolute atomic E-state index is 0.390. The van der Waals surface area contributed by atoms with Gasteiger partial charge in [-0.05, 0) is 71.7 Å². The summed E-state index contributed by atoms with van der Waals surface area (Å²) in [6.45, 7) is 5.92. The highest BCUT2D eigenvalue weighted by atomic mass is 35.5. The number of tetrazole rings is 1. The van der Waals surface area contributed by atoms with E-state index in [1.54, 1.807) is 10.7 Å². The predicted octanol–water partition coefficient (Wildman–Crippen LogP) is 4.64. The van der Waals surface area contributed by atoms with Gasteiger partial charge in [-0.2, -0.15) is 4.68 Å². The molecule has 2 heterocycles. The fourth-order valence-corrected chi connectivity index (χ4v) is 4.02. The molecule has 0 fully saturated rings. The van der Waals surface area contributed by atoms with E-state index in [1.165, 1.54) is 17.8 Å². The molecule has 0 saturated carbocycles. The molecule has 0 amide bonds. The van der Waals surface area contributed by atoms with Crippen LogP contribution in [0.1, 0.15) is 22.3 Å². The number of hydrogen-bond donors (Lipinski definition) is 0. The van der Waals surface area contributed by atoms with Gasteiger partial charge in [0.1, 0.15) is 5.58 Å². The van der Waals surface area contributed by atoms with E-state index < -0.39 is 0 Å². The van der Waals surface area contributed by atoms with Gasteiger partial charge in [0.05, 0.1) is 5.69 Å². The van der Waals surface area contributed by atoms with Crippen LogP contribution in [0.2, 0.25) is 5.02 Å².